The number of benzene rings is 1. The second-order valence-corrected chi connectivity index (χ2v) is 10.0. The van der Waals surface area contributed by atoms with Gasteiger partial charge in [0.15, 0.2) is 11.8 Å². The van der Waals surface area contributed by atoms with Crippen LogP contribution in [-0.2, 0) is 15.9 Å². The molecule has 0 aromatic heterocycles. The summed E-state index contributed by atoms with van der Waals surface area (Å²) in [4.78, 5) is 9.88. The number of rotatable bonds is 5. The van der Waals surface area contributed by atoms with Crippen molar-refractivity contribution < 1.29 is 9.47 Å². The largest absolute Gasteiger partial charge is 0.478 e. The number of hydrogen-bond acceptors (Lipinski definition) is 4. The third-order valence-electron chi connectivity index (χ3n) is 5.60. The molecule has 0 saturated heterocycles. The number of ether oxygens (including phenoxy) is 2. The van der Waals surface area contributed by atoms with Crippen LogP contribution in [0.1, 0.15) is 52.7 Å². The van der Waals surface area contributed by atoms with Crippen molar-refractivity contribution >= 4 is 17.9 Å². The molecule has 2 aliphatic heterocycles. The molecule has 4 heteroatoms. The summed E-state index contributed by atoms with van der Waals surface area (Å²) in [6.07, 6.45) is 2.63. The second kappa shape index (κ2) is 7.73. The summed E-state index contributed by atoms with van der Waals surface area (Å²) in [6, 6.07) is 8.77. The zero-order valence-corrected chi connectivity index (χ0v) is 18.2. The van der Waals surface area contributed by atoms with Crippen molar-refractivity contribution in [1.29, 1.82) is 0 Å². The predicted octanol–water partition coefficient (Wildman–Crippen LogP) is 5.18. The molecule has 0 saturated carbocycles. The maximum Gasteiger partial charge on any atom is 0.196 e. The zero-order chi connectivity index (χ0) is 20.5. The van der Waals surface area contributed by atoms with Gasteiger partial charge >= 0.3 is 0 Å². The van der Waals surface area contributed by atoms with Crippen molar-refractivity contribution in [2.75, 3.05) is 13.2 Å². The second-order valence-electron chi connectivity index (χ2n) is 10.0. The van der Waals surface area contributed by atoms with Gasteiger partial charge in [-0.25, -0.2) is 9.98 Å². The molecule has 0 amide bonds. The van der Waals surface area contributed by atoms with Gasteiger partial charge in [0.2, 0.25) is 0 Å². The Hall–Kier alpha value is -2.10. The lowest BCUT2D eigenvalue weighted by atomic mass is 9.88. The van der Waals surface area contributed by atoms with Crippen LogP contribution >= 0.6 is 0 Å². The van der Waals surface area contributed by atoms with E-state index in [9.17, 15) is 0 Å². The smallest absolute Gasteiger partial charge is 0.196 e. The average molecular weight is 383 g/mol. The maximum absolute atomic E-state index is 6.08. The Morgan fingerprint density at radius 1 is 0.929 bits per heavy atom. The molecule has 0 N–H and O–H groups in total. The standard InChI is InChI=1S/C24H34N2O2/c1-8-16-9-11-17(12-10-16)13-18(21-25-19(14-27-21)23(2,3)4)22-26-20(15-28-22)24(5,6)7/h8-12,18-20H,1,13-15H2,2-7H3/t19-,20-/m1/s1. The molecule has 2 aliphatic rings. The van der Waals surface area contributed by atoms with Crippen LogP contribution in [0.3, 0.4) is 0 Å². The van der Waals surface area contributed by atoms with Gasteiger partial charge in [0.1, 0.15) is 19.1 Å². The highest BCUT2D eigenvalue weighted by Gasteiger charge is 2.39. The molecule has 1 aromatic carbocycles. The van der Waals surface area contributed by atoms with Gasteiger partial charge < -0.3 is 9.47 Å². The molecule has 0 spiro atoms. The van der Waals surface area contributed by atoms with Gasteiger partial charge in [0, 0.05) is 0 Å². The van der Waals surface area contributed by atoms with E-state index in [2.05, 4.69) is 72.4 Å². The molecule has 0 unspecified atom stereocenters. The molecule has 0 radical (unpaired) electrons. The molecular formula is C24H34N2O2. The van der Waals surface area contributed by atoms with E-state index < -0.39 is 0 Å². The minimum Gasteiger partial charge on any atom is -0.478 e. The van der Waals surface area contributed by atoms with E-state index in [0.717, 1.165) is 23.8 Å². The monoisotopic (exact) mass is 382 g/mol. The van der Waals surface area contributed by atoms with Gasteiger partial charge in [0.25, 0.3) is 0 Å². The first-order valence-corrected chi connectivity index (χ1v) is 10.2. The lowest BCUT2D eigenvalue weighted by molar-refractivity contribution is 0.222. The van der Waals surface area contributed by atoms with Crippen LogP contribution in [0.25, 0.3) is 6.08 Å². The first kappa shape index (κ1) is 20.6. The molecule has 1 aromatic rings. The Labute approximate surface area is 169 Å². The van der Waals surface area contributed by atoms with E-state index in [1.54, 1.807) is 0 Å². The summed E-state index contributed by atoms with van der Waals surface area (Å²) in [5.41, 5.74) is 2.48. The van der Waals surface area contributed by atoms with Crippen LogP contribution in [0.5, 0.6) is 0 Å². The molecule has 0 bridgehead atoms. The molecule has 28 heavy (non-hydrogen) atoms. The van der Waals surface area contributed by atoms with Crippen molar-refractivity contribution in [3.8, 4) is 0 Å². The summed E-state index contributed by atoms with van der Waals surface area (Å²) in [5.74, 6) is 1.45. The molecule has 2 atom stereocenters. The summed E-state index contributed by atoms with van der Waals surface area (Å²) in [7, 11) is 0. The number of nitrogens with zero attached hydrogens (tertiary/aromatic N) is 2. The van der Waals surface area contributed by atoms with Crippen LogP contribution in [0, 0.1) is 16.7 Å². The van der Waals surface area contributed by atoms with Crippen LogP contribution in [0.15, 0.2) is 40.8 Å². The lowest BCUT2D eigenvalue weighted by Crippen LogP contribution is -2.27. The number of hydrogen-bond donors (Lipinski definition) is 0. The molecule has 0 aliphatic carbocycles. The van der Waals surface area contributed by atoms with Crippen molar-refractivity contribution in [3.63, 3.8) is 0 Å². The summed E-state index contributed by atoms with van der Waals surface area (Å²) < 4.78 is 12.2. The van der Waals surface area contributed by atoms with E-state index in [1.807, 2.05) is 6.08 Å². The van der Waals surface area contributed by atoms with Gasteiger partial charge in [-0.1, -0.05) is 78.5 Å². The quantitative estimate of drug-likeness (QED) is 0.704. The first-order chi connectivity index (χ1) is 13.1. The van der Waals surface area contributed by atoms with E-state index in [4.69, 9.17) is 19.5 Å². The molecular weight excluding hydrogens is 348 g/mol. The Bertz CT molecular complexity index is 723. The summed E-state index contributed by atoms with van der Waals surface area (Å²) in [6.45, 7) is 18.3. The highest BCUT2D eigenvalue weighted by Crippen LogP contribution is 2.32. The van der Waals surface area contributed by atoms with Crippen LogP contribution < -0.4 is 0 Å². The van der Waals surface area contributed by atoms with Crippen LogP contribution in [-0.4, -0.2) is 37.1 Å². The fourth-order valence-electron chi connectivity index (χ4n) is 3.36. The Morgan fingerprint density at radius 2 is 1.39 bits per heavy atom. The van der Waals surface area contributed by atoms with Crippen LogP contribution in [0.4, 0.5) is 0 Å². The SMILES string of the molecule is C=Cc1ccc(CC(C2=N[C@@H](C(C)(C)C)CO2)C2=N[C@@H](C(C)(C)C)CO2)cc1. The van der Waals surface area contributed by atoms with Gasteiger partial charge in [-0.05, 0) is 28.4 Å². The fourth-order valence-corrected chi connectivity index (χ4v) is 3.36. The molecule has 0 fully saturated rings. The summed E-state index contributed by atoms with van der Waals surface area (Å²) >= 11 is 0. The van der Waals surface area contributed by atoms with Crippen molar-refractivity contribution in [2.24, 2.45) is 26.7 Å². The van der Waals surface area contributed by atoms with Gasteiger partial charge in [-0.2, -0.15) is 0 Å². The molecule has 152 valence electrons. The van der Waals surface area contributed by atoms with Gasteiger partial charge in [0.05, 0.1) is 12.1 Å². The topological polar surface area (TPSA) is 43.2 Å². The van der Waals surface area contributed by atoms with E-state index >= 15 is 0 Å². The maximum atomic E-state index is 6.08. The van der Waals surface area contributed by atoms with Crippen molar-refractivity contribution in [1.82, 2.24) is 0 Å². The minimum atomic E-state index is -0.0747. The van der Waals surface area contributed by atoms with Gasteiger partial charge in [-0.3, -0.25) is 0 Å². The normalized spacial score (nSPS) is 22.5. The molecule has 2 heterocycles. The third-order valence-corrected chi connectivity index (χ3v) is 5.60. The van der Waals surface area contributed by atoms with E-state index in [1.165, 1.54) is 5.56 Å². The van der Waals surface area contributed by atoms with Crippen molar-refractivity contribution in [2.45, 2.75) is 60.0 Å². The van der Waals surface area contributed by atoms with Crippen LogP contribution in [0.2, 0.25) is 0 Å². The zero-order valence-electron chi connectivity index (χ0n) is 18.2. The number of aliphatic imine (C=N–C) groups is 2. The van der Waals surface area contributed by atoms with E-state index in [0.29, 0.717) is 13.2 Å². The third kappa shape index (κ3) is 4.65. The average Bonchev–Trinajstić information content (AvgIpc) is 3.29. The molecule has 4 nitrogen and oxygen atoms in total. The van der Waals surface area contributed by atoms with Gasteiger partial charge in [-0.15, -0.1) is 0 Å². The highest BCUT2D eigenvalue weighted by atomic mass is 16.5. The fraction of sp³-hybridized carbons (Fsp3) is 0.583. The first-order valence-electron chi connectivity index (χ1n) is 10.2. The Kier molecular flexibility index (Phi) is 5.69. The highest BCUT2D eigenvalue weighted by molar-refractivity contribution is 6.01. The lowest BCUT2D eigenvalue weighted by Gasteiger charge is -2.22. The minimum absolute atomic E-state index is 0.0736. The Morgan fingerprint density at radius 3 is 1.75 bits per heavy atom. The molecule has 3 rings (SSSR count). The Balaban J connectivity index is 1.89. The predicted molar refractivity (Wildman–Crippen MR) is 117 cm³/mol. The van der Waals surface area contributed by atoms with E-state index in [-0.39, 0.29) is 28.8 Å². The summed E-state index contributed by atoms with van der Waals surface area (Å²) in [5, 5.41) is 0. The van der Waals surface area contributed by atoms with Crippen molar-refractivity contribution in [3.05, 3.63) is 42.0 Å².